The van der Waals surface area contributed by atoms with Gasteiger partial charge >= 0.3 is 0 Å². The lowest BCUT2D eigenvalue weighted by molar-refractivity contribution is -0.908. The highest BCUT2D eigenvalue weighted by molar-refractivity contribution is 5.96. The Morgan fingerprint density at radius 1 is 1.17 bits per heavy atom. The van der Waals surface area contributed by atoms with Crippen molar-refractivity contribution in [3.8, 4) is 5.75 Å². The van der Waals surface area contributed by atoms with Crippen LogP contribution in [0.1, 0.15) is 23.6 Å². The van der Waals surface area contributed by atoms with E-state index >= 15 is 0 Å². The van der Waals surface area contributed by atoms with Crippen LogP contribution >= 0.6 is 0 Å². The smallest absolute Gasteiger partial charge is 0.278 e. The zero-order valence-corrected chi connectivity index (χ0v) is 17.6. The van der Waals surface area contributed by atoms with Gasteiger partial charge in [0, 0.05) is 11.3 Å². The van der Waals surface area contributed by atoms with Gasteiger partial charge in [0.2, 0.25) is 5.91 Å². The molecule has 0 aliphatic carbocycles. The Morgan fingerprint density at radius 2 is 1.83 bits per heavy atom. The van der Waals surface area contributed by atoms with E-state index in [0.29, 0.717) is 6.54 Å². The van der Waals surface area contributed by atoms with Crippen LogP contribution in [0.15, 0.2) is 36.4 Å². The molecular formula is C22H29FN3O3+. The zero-order valence-electron chi connectivity index (χ0n) is 17.6. The average Bonchev–Trinajstić information content (AvgIpc) is 2.68. The van der Waals surface area contributed by atoms with Gasteiger partial charge in [-0.05, 0) is 50.1 Å². The molecule has 0 aliphatic rings. The van der Waals surface area contributed by atoms with Gasteiger partial charge in [-0.3, -0.25) is 9.59 Å². The lowest BCUT2D eigenvalue weighted by Gasteiger charge is -2.21. The summed E-state index contributed by atoms with van der Waals surface area (Å²) in [6, 6.07) is 10.1. The van der Waals surface area contributed by atoms with Gasteiger partial charge in [0.15, 0.2) is 17.6 Å². The SMILES string of the molecule is COc1ccc(C[NH+](C)[C@@H](C)C(=O)NCC(=O)Nc2c(C)cccc2C)cc1F. The monoisotopic (exact) mass is 402 g/mol. The molecule has 156 valence electrons. The van der Waals surface area contributed by atoms with E-state index in [1.807, 2.05) is 39.1 Å². The first-order valence-corrected chi connectivity index (χ1v) is 9.51. The number of carbonyl (C=O) groups excluding carboxylic acids is 2. The highest BCUT2D eigenvalue weighted by Crippen LogP contribution is 2.19. The number of quaternary nitrogens is 1. The van der Waals surface area contributed by atoms with E-state index in [1.54, 1.807) is 19.1 Å². The van der Waals surface area contributed by atoms with Gasteiger partial charge < -0.3 is 20.3 Å². The minimum atomic E-state index is -0.432. The van der Waals surface area contributed by atoms with Crippen LogP contribution < -0.4 is 20.3 Å². The van der Waals surface area contributed by atoms with Crippen molar-refractivity contribution < 1.29 is 23.6 Å². The third-order valence-electron chi connectivity index (χ3n) is 5.00. The minimum absolute atomic E-state index is 0.110. The van der Waals surface area contributed by atoms with E-state index in [1.165, 1.54) is 13.2 Å². The summed E-state index contributed by atoms with van der Waals surface area (Å²) in [6.45, 7) is 5.96. The molecule has 2 rings (SSSR count). The molecule has 0 aliphatic heterocycles. The molecule has 2 aromatic carbocycles. The number of methoxy groups -OCH3 is 1. The first kappa shape index (κ1) is 22.4. The number of amides is 2. The second kappa shape index (κ2) is 10.0. The van der Waals surface area contributed by atoms with Gasteiger partial charge in [0.25, 0.3) is 5.91 Å². The van der Waals surface area contributed by atoms with Crippen LogP contribution in [0.2, 0.25) is 0 Å². The number of likely N-dealkylation sites (N-methyl/N-ethyl adjacent to an activating group) is 1. The number of nitrogens with one attached hydrogen (secondary N) is 3. The van der Waals surface area contributed by atoms with Gasteiger partial charge in [-0.25, -0.2) is 4.39 Å². The number of aryl methyl sites for hydroxylation is 2. The second-order valence-corrected chi connectivity index (χ2v) is 7.25. The van der Waals surface area contributed by atoms with Gasteiger partial charge in [-0.2, -0.15) is 0 Å². The highest BCUT2D eigenvalue weighted by Gasteiger charge is 2.23. The number of carbonyl (C=O) groups is 2. The molecule has 0 bridgehead atoms. The molecule has 2 aromatic rings. The maximum absolute atomic E-state index is 13.8. The summed E-state index contributed by atoms with van der Waals surface area (Å²) in [5, 5.41) is 5.52. The van der Waals surface area contributed by atoms with E-state index in [9.17, 15) is 14.0 Å². The largest absolute Gasteiger partial charge is 0.494 e. The Balaban J connectivity index is 1.87. The van der Waals surface area contributed by atoms with Crippen molar-refractivity contribution in [2.45, 2.75) is 33.4 Å². The molecule has 1 unspecified atom stereocenters. The summed E-state index contributed by atoms with van der Waals surface area (Å²) in [4.78, 5) is 25.5. The summed E-state index contributed by atoms with van der Waals surface area (Å²) in [7, 11) is 3.27. The highest BCUT2D eigenvalue weighted by atomic mass is 19.1. The van der Waals surface area contributed by atoms with Crippen molar-refractivity contribution >= 4 is 17.5 Å². The number of ether oxygens (including phenoxy) is 1. The molecule has 2 amide bonds. The fourth-order valence-electron chi connectivity index (χ4n) is 3.03. The van der Waals surface area contributed by atoms with Crippen molar-refractivity contribution in [2.24, 2.45) is 0 Å². The summed E-state index contributed by atoms with van der Waals surface area (Å²) in [5.41, 5.74) is 3.46. The molecular weight excluding hydrogens is 373 g/mol. The molecule has 29 heavy (non-hydrogen) atoms. The standard InChI is InChI=1S/C22H28FN3O3/c1-14-7-6-8-15(2)21(14)25-20(27)12-24-22(28)16(3)26(4)13-17-9-10-19(29-5)18(23)11-17/h6-11,16H,12-13H2,1-5H3,(H,24,28)(H,25,27)/p+1/t16-/m0/s1. The Kier molecular flexibility index (Phi) is 7.73. The summed E-state index contributed by atoms with van der Waals surface area (Å²) < 4.78 is 18.8. The van der Waals surface area contributed by atoms with Crippen molar-refractivity contribution in [1.29, 1.82) is 0 Å². The quantitative estimate of drug-likeness (QED) is 0.628. The Bertz CT molecular complexity index is 865. The van der Waals surface area contributed by atoms with Crippen LogP contribution in [-0.4, -0.2) is 38.6 Å². The fourth-order valence-corrected chi connectivity index (χ4v) is 3.03. The molecule has 0 saturated heterocycles. The third-order valence-corrected chi connectivity index (χ3v) is 5.00. The van der Waals surface area contributed by atoms with Crippen LogP contribution in [-0.2, 0) is 16.1 Å². The molecule has 0 aromatic heterocycles. The zero-order chi connectivity index (χ0) is 21.6. The topological polar surface area (TPSA) is 71.9 Å². The Labute approximate surface area is 171 Å². The van der Waals surface area contributed by atoms with E-state index in [2.05, 4.69) is 10.6 Å². The molecule has 0 fully saturated rings. The van der Waals surface area contributed by atoms with Gasteiger partial charge in [0.05, 0.1) is 20.7 Å². The Morgan fingerprint density at radius 3 is 2.41 bits per heavy atom. The number of rotatable bonds is 8. The van der Waals surface area contributed by atoms with Crippen molar-refractivity contribution in [3.63, 3.8) is 0 Å². The van der Waals surface area contributed by atoms with Crippen molar-refractivity contribution in [3.05, 3.63) is 58.9 Å². The van der Waals surface area contributed by atoms with Crippen LogP contribution in [0.5, 0.6) is 5.75 Å². The normalized spacial score (nSPS) is 12.8. The fraction of sp³-hybridized carbons (Fsp3) is 0.364. The molecule has 7 heteroatoms. The number of benzene rings is 2. The molecule has 0 radical (unpaired) electrons. The molecule has 6 nitrogen and oxygen atoms in total. The predicted octanol–water partition coefficient (Wildman–Crippen LogP) is 1.61. The van der Waals surface area contributed by atoms with E-state index in [0.717, 1.165) is 27.3 Å². The van der Waals surface area contributed by atoms with Gasteiger partial charge in [-0.1, -0.05) is 18.2 Å². The molecule has 0 heterocycles. The minimum Gasteiger partial charge on any atom is -0.494 e. The molecule has 0 spiro atoms. The van der Waals surface area contributed by atoms with E-state index in [-0.39, 0.29) is 24.1 Å². The maximum Gasteiger partial charge on any atom is 0.278 e. The van der Waals surface area contributed by atoms with Crippen LogP contribution in [0.3, 0.4) is 0 Å². The first-order valence-electron chi connectivity index (χ1n) is 9.51. The van der Waals surface area contributed by atoms with Gasteiger partial charge in [-0.15, -0.1) is 0 Å². The van der Waals surface area contributed by atoms with Crippen molar-refractivity contribution in [1.82, 2.24) is 5.32 Å². The number of halogens is 1. The first-order chi connectivity index (χ1) is 13.7. The lowest BCUT2D eigenvalue weighted by Crippen LogP contribution is -3.12. The number of anilines is 1. The van der Waals surface area contributed by atoms with Crippen LogP contribution in [0.25, 0.3) is 0 Å². The van der Waals surface area contributed by atoms with Crippen LogP contribution in [0.4, 0.5) is 10.1 Å². The Hall–Kier alpha value is -2.93. The average molecular weight is 402 g/mol. The van der Waals surface area contributed by atoms with E-state index in [4.69, 9.17) is 4.74 Å². The summed E-state index contributed by atoms with van der Waals surface area (Å²) in [6.07, 6.45) is 0. The second-order valence-electron chi connectivity index (χ2n) is 7.25. The predicted molar refractivity (Wildman–Crippen MR) is 111 cm³/mol. The van der Waals surface area contributed by atoms with Crippen molar-refractivity contribution in [2.75, 3.05) is 26.0 Å². The van der Waals surface area contributed by atoms with E-state index < -0.39 is 11.9 Å². The van der Waals surface area contributed by atoms with Gasteiger partial charge in [0.1, 0.15) is 6.54 Å². The molecule has 2 atom stereocenters. The third kappa shape index (κ3) is 6.02. The molecule has 0 saturated carbocycles. The number of para-hydroxylation sites is 1. The molecule has 3 N–H and O–H groups in total. The summed E-state index contributed by atoms with van der Waals surface area (Å²) >= 11 is 0. The maximum atomic E-state index is 13.8. The lowest BCUT2D eigenvalue weighted by atomic mass is 10.1. The number of hydrogen-bond acceptors (Lipinski definition) is 3. The number of hydrogen-bond donors (Lipinski definition) is 3. The van der Waals surface area contributed by atoms with Crippen LogP contribution in [0, 0.1) is 19.7 Å². The summed E-state index contributed by atoms with van der Waals surface area (Å²) in [5.74, 6) is -0.767.